The molecule has 16 heteroatoms. The number of nitrogens with two attached hydrogens (primary N) is 1. The van der Waals surface area contributed by atoms with E-state index in [0.29, 0.717) is 24.0 Å². The van der Waals surface area contributed by atoms with E-state index in [0.717, 1.165) is 7.11 Å². The molecule has 2 unspecified atom stereocenters. The summed E-state index contributed by atoms with van der Waals surface area (Å²) >= 11 is 5.82. The van der Waals surface area contributed by atoms with Crippen molar-refractivity contribution in [1.29, 1.82) is 0 Å². The number of phosphoric ester groups is 2. The molecule has 1 aliphatic rings. The number of nitrogen functional groups attached to an aromatic ring is 1. The first kappa shape index (κ1) is 20.6. The maximum Gasteiger partial charge on any atom is 0.481 e. The largest absolute Gasteiger partial charge is 0.481 e. The maximum atomic E-state index is 11.7. The lowest BCUT2D eigenvalue weighted by atomic mass is 10.2. The number of halogens is 1. The molecule has 1 aliphatic heterocycles. The minimum atomic E-state index is -4.81. The predicted octanol–water partition coefficient (Wildman–Crippen LogP) is 1.62. The highest BCUT2D eigenvalue weighted by molar-refractivity contribution is 7.61. The molecule has 4 N–H and O–H groups in total. The van der Waals surface area contributed by atoms with Gasteiger partial charge in [0, 0.05) is 7.11 Å². The number of fused-ring (bicyclic) bond motifs is 1. The van der Waals surface area contributed by atoms with E-state index in [1.807, 2.05) is 0 Å². The van der Waals surface area contributed by atoms with Crippen molar-refractivity contribution >= 4 is 44.2 Å². The summed E-state index contributed by atoms with van der Waals surface area (Å²) in [5.74, 6) is 0.131. The third-order valence-corrected chi connectivity index (χ3v) is 6.43. The molecule has 2 aromatic heterocycles. The Balaban J connectivity index is 1.64. The van der Waals surface area contributed by atoms with Gasteiger partial charge in [0.1, 0.15) is 11.7 Å². The maximum absolute atomic E-state index is 11.7. The van der Waals surface area contributed by atoms with E-state index in [1.54, 1.807) is 4.57 Å². The highest BCUT2D eigenvalue weighted by Gasteiger charge is 2.36. The van der Waals surface area contributed by atoms with Crippen LogP contribution in [0.2, 0.25) is 5.28 Å². The van der Waals surface area contributed by atoms with Crippen molar-refractivity contribution in [2.45, 2.75) is 25.2 Å². The molecular formula is C11H16ClN5O8P2. The monoisotopic (exact) mass is 443 g/mol. The number of imidazole rings is 1. The van der Waals surface area contributed by atoms with Gasteiger partial charge < -0.3 is 20.3 Å². The molecule has 1 saturated heterocycles. The van der Waals surface area contributed by atoms with Crippen molar-refractivity contribution in [1.82, 2.24) is 19.5 Å². The SMILES string of the molecule is COP(=O)(O)OP(=O)(O)OC[C@@H]1CC[C@H](n2cnc3c(N)nc(Cl)nc32)O1. The lowest BCUT2D eigenvalue weighted by Crippen LogP contribution is -2.16. The predicted molar refractivity (Wildman–Crippen MR) is 91.6 cm³/mol. The number of hydrogen-bond donors (Lipinski definition) is 3. The highest BCUT2D eigenvalue weighted by atomic mass is 35.5. The van der Waals surface area contributed by atoms with Crippen molar-refractivity contribution in [2.24, 2.45) is 0 Å². The van der Waals surface area contributed by atoms with Gasteiger partial charge in [-0.1, -0.05) is 0 Å². The average molecular weight is 444 g/mol. The molecule has 150 valence electrons. The molecule has 4 atom stereocenters. The standard InChI is InChI=1S/C11H16ClN5O8P2/c1-22-26(18,19)25-27(20,21)23-4-6-2-3-7(24-6)17-5-14-8-9(13)15-11(12)16-10(8)17/h5-7H,2-4H2,1H3,(H,18,19)(H,20,21)(H2,13,15,16)/t6-,7+/m0/s1. The quantitative estimate of drug-likeness (QED) is 0.416. The number of anilines is 1. The molecule has 0 saturated carbocycles. The van der Waals surface area contributed by atoms with Gasteiger partial charge in [0.25, 0.3) is 0 Å². The van der Waals surface area contributed by atoms with Crippen LogP contribution in [0.15, 0.2) is 6.33 Å². The van der Waals surface area contributed by atoms with Crippen LogP contribution in [0, 0.1) is 0 Å². The van der Waals surface area contributed by atoms with Crippen LogP contribution in [0.1, 0.15) is 19.1 Å². The van der Waals surface area contributed by atoms with Gasteiger partial charge >= 0.3 is 15.6 Å². The molecule has 0 bridgehead atoms. The first-order valence-electron chi connectivity index (χ1n) is 7.48. The van der Waals surface area contributed by atoms with E-state index >= 15 is 0 Å². The molecule has 1 fully saturated rings. The molecule has 0 amide bonds. The normalized spacial score (nSPS) is 24.7. The van der Waals surface area contributed by atoms with E-state index in [4.69, 9.17) is 31.5 Å². The molecule has 0 aromatic carbocycles. The molecular weight excluding hydrogens is 428 g/mol. The van der Waals surface area contributed by atoms with Gasteiger partial charge in [0.2, 0.25) is 5.28 Å². The van der Waals surface area contributed by atoms with Crippen LogP contribution in [0.3, 0.4) is 0 Å². The molecule has 27 heavy (non-hydrogen) atoms. The number of ether oxygens (including phenoxy) is 1. The van der Waals surface area contributed by atoms with Gasteiger partial charge in [0.05, 0.1) is 19.0 Å². The van der Waals surface area contributed by atoms with Crippen molar-refractivity contribution in [3.8, 4) is 0 Å². The van der Waals surface area contributed by atoms with Gasteiger partial charge in [-0.2, -0.15) is 14.3 Å². The first-order chi connectivity index (χ1) is 12.6. The van der Waals surface area contributed by atoms with E-state index in [2.05, 4.69) is 23.8 Å². The lowest BCUT2D eigenvalue weighted by Gasteiger charge is -2.18. The van der Waals surface area contributed by atoms with Crippen LogP contribution in [0.4, 0.5) is 5.82 Å². The second kappa shape index (κ2) is 7.70. The van der Waals surface area contributed by atoms with Crippen molar-refractivity contribution < 1.29 is 37.0 Å². The highest BCUT2D eigenvalue weighted by Crippen LogP contribution is 2.60. The Kier molecular flexibility index (Phi) is 5.88. The summed E-state index contributed by atoms with van der Waals surface area (Å²) in [6, 6.07) is 0. The fourth-order valence-electron chi connectivity index (χ4n) is 2.50. The van der Waals surface area contributed by atoms with Crippen LogP contribution in [0.25, 0.3) is 11.2 Å². The van der Waals surface area contributed by atoms with Crippen molar-refractivity contribution in [3.63, 3.8) is 0 Å². The number of hydrogen-bond acceptors (Lipinski definition) is 10. The second-order valence-electron chi connectivity index (χ2n) is 5.49. The van der Waals surface area contributed by atoms with Crippen molar-refractivity contribution in [3.05, 3.63) is 11.6 Å². The second-order valence-corrected chi connectivity index (χ2v) is 8.98. The van der Waals surface area contributed by atoms with Crippen LogP contribution < -0.4 is 5.73 Å². The number of rotatable bonds is 7. The van der Waals surface area contributed by atoms with Crippen LogP contribution in [-0.4, -0.2) is 49.1 Å². The summed E-state index contributed by atoms with van der Waals surface area (Å²) in [5, 5.41) is -0.0374. The Labute approximate surface area is 157 Å². The number of nitrogens with zero attached hydrogens (tertiary/aromatic N) is 4. The van der Waals surface area contributed by atoms with Gasteiger partial charge in [-0.05, 0) is 24.4 Å². The third-order valence-electron chi connectivity index (χ3n) is 3.68. The van der Waals surface area contributed by atoms with Crippen molar-refractivity contribution in [2.75, 3.05) is 19.5 Å². The Bertz CT molecular complexity index is 941. The van der Waals surface area contributed by atoms with E-state index in [-0.39, 0.29) is 17.7 Å². The summed E-state index contributed by atoms with van der Waals surface area (Å²) < 4.78 is 43.1. The van der Waals surface area contributed by atoms with Crippen LogP contribution in [0.5, 0.6) is 0 Å². The lowest BCUT2D eigenvalue weighted by molar-refractivity contribution is -0.0205. The third kappa shape index (κ3) is 4.83. The Morgan fingerprint density at radius 3 is 2.81 bits per heavy atom. The first-order valence-corrected chi connectivity index (χ1v) is 10.9. The fourth-order valence-corrected chi connectivity index (χ4v) is 4.52. The van der Waals surface area contributed by atoms with Gasteiger partial charge in [-0.3, -0.25) is 13.6 Å². The van der Waals surface area contributed by atoms with Gasteiger partial charge in [-0.15, -0.1) is 0 Å². The minimum absolute atomic E-state index is 0.0374. The summed E-state index contributed by atoms with van der Waals surface area (Å²) in [7, 11) is -8.63. The molecule has 2 aromatic rings. The fraction of sp³-hybridized carbons (Fsp3) is 0.545. The van der Waals surface area contributed by atoms with E-state index < -0.39 is 28.0 Å². The minimum Gasteiger partial charge on any atom is -0.382 e. The molecule has 3 rings (SSSR count). The topological polar surface area (TPSA) is 181 Å². The zero-order chi connectivity index (χ0) is 19.8. The molecule has 0 aliphatic carbocycles. The Morgan fingerprint density at radius 2 is 2.11 bits per heavy atom. The van der Waals surface area contributed by atoms with Gasteiger partial charge in [-0.25, -0.2) is 14.1 Å². The summed E-state index contributed by atoms with van der Waals surface area (Å²) in [4.78, 5) is 30.6. The summed E-state index contributed by atoms with van der Waals surface area (Å²) in [5.41, 5.74) is 6.51. The Morgan fingerprint density at radius 1 is 1.37 bits per heavy atom. The molecule has 0 radical (unpaired) electrons. The molecule has 3 heterocycles. The molecule has 0 spiro atoms. The zero-order valence-corrected chi connectivity index (χ0v) is 16.4. The summed E-state index contributed by atoms with van der Waals surface area (Å²) in [6.45, 7) is -0.349. The molecule has 13 nitrogen and oxygen atoms in total. The zero-order valence-electron chi connectivity index (χ0n) is 13.8. The van der Waals surface area contributed by atoms with E-state index in [9.17, 15) is 14.0 Å². The average Bonchev–Trinajstić information content (AvgIpc) is 3.18. The number of phosphoric acid groups is 2. The Hall–Kier alpha value is -1.14. The van der Waals surface area contributed by atoms with Gasteiger partial charge in [0.15, 0.2) is 11.5 Å². The number of aromatic nitrogens is 4. The summed E-state index contributed by atoms with van der Waals surface area (Å²) in [6.07, 6.45) is 1.40. The smallest absolute Gasteiger partial charge is 0.382 e. The van der Waals surface area contributed by atoms with Crippen LogP contribution >= 0.6 is 27.2 Å². The van der Waals surface area contributed by atoms with Crippen LogP contribution in [-0.2, 0) is 27.2 Å². The van der Waals surface area contributed by atoms with E-state index in [1.165, 1.54) is 6.33 Å².